The molecule has 1 aromatic carbocycles. The van der Waals surface area contributed by atoms with E-state index in [2.05, 4.69) is 17.6 Å². The highest BCUT2D eigenvalue weighted by atomic mass is 16.2. The van der Waals surface area contributed by atoms with Gasteiger partial charge in [0.25, 0.3) is 0 Å². The molecule has 0 unspecified atom stereocenters. The van der Waals surface area contributed by atoms with E-state index in [-0.39, 0.29) is 11.9 Å². The first-order chi connectivity index (χ1) is 10.2. The maximum absolute atomic E-state index is 12.0. The Labute approximate surface area is 126 Å². The Morgan fingerprint density at radius 2 is 1.86 bits per heavy atom. The Hall–Kier alpha value is -2.04. The number of para-hydroxylation sites is 1. The van der Waals surface area contributed by atoms with Crippen LogP contribution < -0.4 is 10.6 Å². The topological polar surface area (TPSA) is 61.4 Å². The Morgan fingerprint density at radius 1 is 1.14 bits per heavy atom. The second-order valence-electron chi connectivity index (χ2n) is 4.82. The number of amides is 3. The molecule has 5 heteroatoms. The van der Waals surface area contributed by atoms with Crippen molar-refractivity contribution in [1.29, 1.82) is 0 Å². The maximum atomic E-state index is 12.0. The van der Waals surface area contributed by atoms with Crippen LogP contribution >= 0.6 is 0 Å². The molecule has 3 amide bonds. The summed E-state index contributed by atoms with van der Waals surface area (Å²) in [6.45, 7) is 5.94. The van der Waals surface area contributed by atoms with Crippen molar-refractivity contribution in [3.05, 3.63) is 30.3 Å². The van der Waals surface area contributed by atoms with E-state index in [4.69, 9.17) is 0 Å². The molecule has 0 spiro atoms. The van der Waals surface area contributed by atoms with E-state index in [1.165, 1.54) is 0 Å². The summed E-state index contributed by atoms with van der Waals surface area (Å²) in [7, 11) is 0. The minimum atomic E-state index is -0.286. The van der Waals surface area contributed by atoms with E-state index in [1.54, 1.807) is 0 Å². The third kappa shape index (κ3) is 6.79. The number of unbranched alkanes of at least 4 members (excludes halogenated alkanes) is 1. The molecule has 0 bridgehead atoms. The lowest BCUT2D eigenvalue weighted by Gasteiger charge is -2.20. The number of anilines is 1. The molecule has 1 rings (SSSR count). The number of nitrogens with one attached hydrogen (secondary N) is 2. The summed E-state index contributed by atoms with van der Waals surface area (Å²) in [4.78, 5) is 25.5. The van der Waals surface area contributed by atoms with E-state index in [9.17, 15) is 9.59 Å². The summed E-state index contributed by atoms with van der Waals surface area (Å²) in [6.07, 6.45) is 2.42. The summed E-state index contributed by atoms with van der Waals surface area (Å²) in [5, 5.41) is 5.42. The van der Waals surface area contributed by atoms with Crippen molar-refractivity contribution in [3.63, 3.8) is 0 Å². The zero-order valence-electron chi connectivity index (χ0n) is 12.9. The quantitative estimate of drug-likeness (QED) is 0.773. The fraction of sp³-hybridized carbons (Fsp3) is 0.500. The van der Waals surface area contributed by atoms with Crippen LogP contribution in [0.1, 0.15) is 33.1 Å². The molecule has 0 saturated heterocycles. The van der Waals surface area contributed by atoms with Crippen LogP contribution in [0.15, 0.2) is 30.3 Å². The molecule has 0 fully saturated rings. The maximum Gasteiger partial charge on any atom is 0.319 e. The predicted octanol–water partition coefficient (Wildman–Crippen LogP) is 2.85. The third-order valence-electron chi connectivity index (χ3n) is 3.17. The van der Waals surface area contributed by atoms with Crippen LogP contribution in [0.25, 0.3) is 0 Å². The minimum Gasteiger partial charge on any atom is -0.343 e. The van der Waals surface area contributed by atoms with Crippen molar-refractivity contribution < 1.29 is 9.59 Å². The van der Waals surface area contributed by atoms with Crippen LogP contribution in [0.5, 0.6) is 0 Å². The van der Waals surface area contributed by atoms with Crippen molar-refractivity contribution in [2.75, 3.05) is 25.0 Å². The number of carbonyl (C=O) groups excluding carboxylic acids is 2. The molecule has 0 atom stereocenters. The second kappa shape index (κ2) is 9.80. The third-order valence-corrected chi connectivity index (χ3v) is 3.17. The van der Waals surface area contributed by atoms with Gasteiger partial charge in [-0.3, -0.25) is 4.79 Å². The molecule has 116 valence electrons. The zero-order chi connectivity index (χ0) is 15.5. The van der Waals surface area contributed by atoms with Gasteiger partial charge in [-0.15, -0.1) is 0 Å². The molecule has 21 heavy (non-hydrogen) atoms. The SMILES string of the molecule is CCCCN(CC)C(=O)CCNC(=O)Nc1ccccc1. The number of urea groups is 1. The number of carbonyl (C=O) groups is 2. The Bertz CT molecular complexity index is 434. The van der Waals surface area contributed by atoms with Crippen molar-refractivity contribution in [1.82, 2.24) is 10.2 Å². The van der Waals surface area contributed by atoms with Gasteiger partial charge in [-0.2, -0.15) is 0 Å². The van der Waals surface area contributed by atoms with E-state index in [0.29, 0.717) is 13.0 Å². The van der Waals surface area contributed by atoms with Crippen LogP contribution in [-0.4, -0.2) is 36.5 Å². The summed E-state index contributed by atoms with van der Waals surface area (Å²) in [6, 6.07) is 8.93. The highest BCUT2D eigenvalue weighted by molar-refractivity contribution is 5.89. The first-order valence-electron chi connectivity index (χ1n) is 7.55. The summed E-state index contributed by atoms with van der Waals surface area (Å²) < 4.78 is 0. The number of benzene rings is 1. The van der Waals surface area contributed by atoms with Crippen molar-refractivity contribution >= 4 is 17.6 Å². The molecule has 0 aromatic heterocycles. The van der Waals surface area contributed by atoms with Crippen LogP contribution in [0.3, 0.4) is 0 Å². The number of rotatable bonds is 8. The number of hydrogen-bond donors (Lipinski definition) is 2. The molecule has 0 aliphatic rings. The molecule has 1 aromatic rings. The molecule has 0 heterocycles. The highest BCUT2D eigenvalue weighted by Gasteiger charge is 2.11. The molecule has 0 aliphatic carbocycles. The largest absolute Gasteiger partial charge is 0.343 e. The summed E-state index contributed by atoms with van der Waals surface area (Å²) in [5.41, 5.74) is 0.736. The lowest BCUT2D eigenvalue weighted by molar-refractivity contribution is -0.130. The van der Waals surface area contributed by atoms with Gasteiger partial charge in [0.2, 0.25) is 5.91 Å². The van der Waals surface area contributed by atoms with Gasteiger partial charge in [0.15, 0.2) is 0 Å². The second-order valence-corrected chi connectivity index (χ2v) is 4.82. The normalized spacial score (nSPS) is 10.0. The fourth-order valence-corrected chi connectivity index (χ4v) is 1.95. The average molecular weight is 291 g/mol. The van der Waals surface area contributed by atoms with Gasteiger partial charge in [0, 0.05) is 31.7 Å². The predicted molar refractivity (Wildman–Crippen MR) is 85.2 cm³/mol. The van der Waals surface area contributed by atoms with Gasteiger partial charge in [-0.1, -0.05) is 31.5 Å². The molecular weight excluding hydrogens is 266 g/mol. The van der Waals surface area contributed by atoms with Crippen molar-refractivity contribution in [3.8, 4) is 0 Å². The summed E-state index contributed by atoms with van der Waals surface area (Å²) >= 11 is 0. The first-order valence-corrected chi connectivity index (χ1v) is 7.55. The minimum absolute atomic E-state index is 0.0889. The lowest BCUT2D eigenvalue weighted by Crippen LogP contribution is -2.36. The first kappa shape index (κ1) is 17.0. The van der Waals surface area contributed by atoms with Crippen molar-refractivity contribution in [2.24, 2.45) is 0 Å². The standard InChI is InChI=1S/C16H25N3O2/c1-3-5-13-19(4-2)15(20)11-12-17-16(21)18-14-9-7-6-8-10-14/h6-10H,3-5,11-13H2,1-2H3,(H2,17,18,21). The molecular formula is C16H25N3O2. The molecule has 2 N–H and O–H groups in total. The van der Waals surface area contributed by atoms with Crippen molar-refractivity contribution in [2.45, 2.75) is 33.1 Å². The van der Waals surface area contributed by atoms with Gasteiger partial charge in [-0.05, 0) is 25.5 Å². The Balaban J connectivity index is 2.25. The fourth-order valence-electron chi connectivity index (χ4n) is 1.95. The van der Waals surface area contributed by atoms with E-state index < -0.39 is 0 Å². The van der Waals surface area contributed by atoms with Crippen LogP contribution in [-0.2, 0) is 4.79 Å². The lowest BCUT2D eigenvalue weighted by atomic mass is 10.3. The van der Waals surface area contributed by atoms with Crippen LogP contribution in [0.4, 0.5) is 10.5 Å². The smallest absolute Gasteiger partial charge is 0.319 e. The highest BCUT2D eigenvalue weighted by Crippen LogP contribution is 2.04. The van der Waals surface area contributed by atoms with E-state index in [1.807, 2.05) is 42.2 Å². The van der Waals surface area contributed by atoms with Crippen LogP contribution in [0, 0.1) is 0 Å². The van der Waals surface area contributed by atoms with Gasteiger partial charge < -0.3 is 15.5 Å². The monoisotopic (exact) mass is 291 g/mol. The Morgan fingerprint density at radius 3 is 2.48 bits per heavy atom. The molecule has 0 saturated carbocycles. The van der Waals surface area contributed by atoms with Crippen LogP contribution in [0.2, 0.25) is 0 Å². The van der Waals surface area contributed by atoms with Gasteiger partial charge >= 0.3 is 6.03 Å². The molecule has 0 aliphatic heterocycles. The Kier molecular flexibility index (Phi) is 7.94. The number of nitrogens with zero attached hydrogens (tertiary/aromatic N) is 1. The molecule has 5 nitrogen and oxygen atoms in total. The van der Waals surface area contributed by atoms with E-state index in [0.717, 1.165) is 31.6 Å². The zero-order valence-corrected chi connectivity index (χ0v) is 12.9. The van der Waals surface area contributed by atoms with E-state index >= 15 is 0 Å². The molecule has 0 radical (unpaired) electrons. The van der Waals surface area contributed by atoms with Gasteiger partial charge in [-0.25, -0.2) is 4.79 Å². The summed E-state index contributed by atoms with van der Waals surface area (Å²) in [5.74, 6) is 0.0889. The number of hydrogen-bond acceptors (Lipinski definition) is 2. The van der Waals surface area contributed by atoms with Gasteiger partial charge in [0.1, 0.15) is 0 Å². The average Bonchev–Trinajstić information content (AvgIpc) is 2.49. The van der Waals surface area contributed by atoms with Gasteiger partial charge in [0.05, 0.1) is 0 Å².